The molecule has 0 aliphatic heterocycles. The Morgan fingerprint density at radius 3 is 3.00 bits per heavy atom. The van der Waals surface area contributed by atoms with Gasteiger partial charge in [-0.3, -0.25) is 0 Å². The van der Waals surface area contributed by atoms with E-state index in [1.807, 2.05) is 12.1 Å². The molecule has 1 fully saturated rings. The fraction of sp³-hybridized carbons (Fsp3) is 0.583. The van der Waals surface area contributed by atoms with Crippen LogP contribution in [0.15, 0.2) is 23.4 Å². The van der Waals surface area contributed by atoms with Crippen LogP contribution >= 0.6 is 23.4 Å². The highest BCUT2D eigenvalue weighted by Crippen LogP contribution is 2.21. The van der Waals surface area contributed by atoms with Gasteiger partial charge >= 0.3 is 0 Å². The minimum Gasteiger partial charge on any atom is -0.314 e. The molecule has 1 unspecified atom stereocenters. The number of hydrogen-bond donors (Lipinski definition) is 1. The van der Waals surface area contributed by atoms with Gasteiger partial charge in [0, 0.05) is 18.0 Å². The fourth-order valence-corrected chi connectivity index (χ4v) is 2.37. The first kappa shape index (κ1) is 12.2. The first-order valence-electron chi connectivity index (χ1n) is 5.72. The van der Waals surface area contributed by atoms with Crippen molar-refractivity contribution < 1.29 is 0 Å². The van der Waals surface area contributed by atoms with Crippen molar-refractivity contribution in [2.75, 3.05) is 12.3 Å². The normalized spacial score (nSPS) is 17.4. The Labute approximate surface area is 106 Å². The van der Waals surface area contributed by atoms with E-state index in [-0.39, 0.29) is 0 Å². The molecule has 1 N–H and O–H groups in total. The van der Waals surface area contributed by atoms with Gasteiger partial charge in [0.05, 0.1) is 10.0 Å². The van der Waals surface area contributed by atoms with E-state index in [9.17, 15) is 0 Å². The lowest BCUT2D eigenvalue weighted by molar-refractivity contribution is 0.556. The number of thioether (sulfide) groups is 1. The Balaban J connectivity index is 1.67. The zero-order valence-corrected chi connectivity index (χ0v) is 11.0. The zero-order chi connectivity index (χ0) is 11.4. The second-order valence-electron chi connectivity index (χ2n) is 4.41. The van der Waals surface area contributed by atoms with Crippen molar-refractivity contribution in [3.8, 4) is 0 Å². The maximum absolute atomic E-state index is 5.78. The smallest absolute Gasteiger partial charge is 0.0961 e. The third-order valence-electron chi connectivity index (χ3n) is 2.55. The van der Waals surface area contributed by atoms with Crippen molar-refractivity contribution in [2.24, 2.45) is 5.92 Å². The minimum atomic E-state index is 0.683. The Kier molecular flexibility index (Phi) is 4.50. The summed E-state index contributed by atoms with van der Waals surface area (Å²) in [6, 6.07) is 4.68. The average Bonchev–Trinajstić information content (AvgIpc) is 3.09. The van der Waals surface area contributed by atoms with E-state index in [2.05, 4.69) is 17.2 Å². The molecule has 88 valence electrons. The van der Waals surface area contributed by atoms with E-state index in [1.165, 1.54) is 12.8 Å². The van der Waals surface area contributed by atoms with Crippen molar-refractivity contribution in [3.63, 3.8) is 0 Å². The van der Waals surface area contributed by atoms with Gasteiger partial charge in [-0.15, -0.1) is 11.8 Å². The SMILES string of the molecule is CC(CNC1CC1)CSc1ccc(Cl)cn1. The molecule has 1 aliphatic carbocycles. The number of aromatic nitrogens is 1. The Morgan fingerprint density at radius 2 is 2.38 bits per heavy atom. The highest BCUT2D eigenvalue weighted by molar-refractivity contribution is 7.99. The molecule has 4 heteroatoms. The molecule has 0 aromatic carbocycles. The van der Waals surface area contributed by atoms with Gasteiger partial charge in [-0.25, -0.2) is 4.98 Å². The molecule has 2 rings (SSSR count). The first-order chi connectivity index (χ1) is 7.74. The first-order valence-corrected chi connectivity index (χ1v) is 7.08. The monoisotopic (exact) mass is 256 g/mol. The predicted molar refractivity (Wildman–Crippen MR) is 70.2 cm³/mol. The zero-order valence-electron chi connectivity index (χ0n) is 9.45. The van der Waals surface area contributed by atoms with Crippen LogP contribution < -0.4 is 5.32 Å². The number of pyridine rings is 1. The maximum Gasteiger partial charge on any atom is 0.0961 e. The van der Waals surface area contributed by atoms with Gasteiger partial charge in [-0.05, 0) is 37.4 Å². The molecular formula is C12H17ClN2S. The minimum absolute atomic E-state index is 0.683. The summed E-state index contributed by atoms with van der Waals surface area (Å²) in [5, 5.41) is 5.31. The Bertz CT molecular complexity index is 324. The van der Waals surface area contributed by atoms with Crippen LogP contribution in [0.1, 0.15) is 19.8 Å². The van der Waals surface area contributed by atoms with E-state index >= 15 is 0 Å². The van der Waals surface area contributed by atoms with Crippen LogP contribution in [0.4, 0.5) is 0 Å². The van der Waals surface area contributed by atoms with E-state index in [0.717, 1.165) is 23.4 Å². The predicted octanol–water partition coefficient (Wildman–Crippen LogP) is 3.22. The van der Waals surface area contributed by atoms with Gasteiger partial charge in [-0.1, -0.05) is 18.5 Å². The summed E-state index contributed by atoms with van der Waals surface area (Å²) in [7, 11) is 0. The molecule has 16 heavy (non-hydrogen) atoms. The molecule has 0 radical (unpaired) electrons. The van der Waals surface area contributed by atoms with Crippen LogP contribution in [0.5, 0.6) is 0 Å². The summed E-state index contributed by atoms with van der Waals surface area (Å²) in [6.45, 7) is 3.39. The van der Waals surface area contributed by atoms with Crippen molar-refractivity contribution in [3.05, 3.63) is 23.4 Å². The molecule has 1 aromatic heterocycles. The van der Waals surface area contributed by atoms with Gasteiger partial charge in [0.1, 0.15) is 0 Å². The summed E-state index contributed by atoms with van der Waals surface area (Å²) in [5.74, 6) is 1.79. The third kappa shape index (κ3) is 4.32. The number of halogens is 1. The van der Waals surface area contributed by atoms with Crippen LogP contribution in [0.25, 0.3) is 0 Å². The summed E-state index contributed by atoms with van der Waals surface area (Å²) < 4.78 is 0. The highest BCUT2D eigenvalue weighted by Gasteiger charge is 2.20. The van der Waals surface area contributed by atoms with Crippen LogP contribution in [0.2, 0.25) is 5.02 Å². The summed E-state index contributed by atoms with van der Waals surface area (Å²) in [5.41, 5.74) is 0. The van der Waals surface area contributed by atoms with Crippen molar-refractivity contribution in [1.29, 1.82) is 0 Å². The lowest BCUT2D eigenvalue weighted by Gasteiger charge is -2.11. The fourth-order valence-electron chi connectivity index (χ4n) is 1.39. The van der Waals surface area contributed by atoms with Crippen molar-refractivity contribution in [2.45, 2.75) is 30.8 Å². The van der Waals surface area contributed by atoms with Crippen LogP contribution in [0, 0.1) is 5.92 Å². The second kappa shape index (κ2) is 5.89. The molecule has 1 aromatic rings. The maximum atomic E-state index is 5.78. The number of rotatable bonds is 6. The van der Waals surface area contributed by atoms with E-state index < -0.39 is 0 Å². The Morgan fingerprint density at radius 1 is 1.56 bits per heavy atom. The van der Waals surface area contributed by atoms with Crippen LogP contribution in [-0.2, 0) is 0 Å². The van der Waals surface area contributed by atoms with Crippen molar-refractivity contribution >= 4 is 23.4 Å². The molecule has 0 spiro atoms. The number of nitrogens with one attached hydrogen (secondary N) is 1. The molecule has 1 atom stereocenters. The van der Waals surface area contributed by atoms with Crippen LogP contribution in [0.3, 0.4) is 0 Å². The summed E-state index contributed by atoms with van der Waals surface area (Å²) in [4.78, 5) is 4.27. The second-order valence-corrected chi connectivity index (χ2v) is 5.89. The molecule has 2 nitrogen and oxygen atoms in total. The molecule has 0 amide bonds. The molecule has 0 saturated heterocycles. The lowest BCUT2D eigenvalue weighted by atomic mass is 10.2. The van der Waals surface area contributed by atoms with E-state index in [0.29, 0.717) is 10.9 Å². The lowest BCUT2D eigenvalue weighted by Crippen LogP contribution is -2.24. The average molecular weight is 257 g/mol. The quantitative estimate of drug-likeness (QED) is 0.792. The Hall–Kier alpha value is -0.250. The van der Waals surface area contributed by atoms with Gasteiger partial charge in [0.25, 0.3) is 0 Å². The van der Waals surface area contributed by atoms with Gasteiger partial charge in [-0.2, -0.15) is 0 Å². The molecule has 1 aliphatic rings. The van der Waals surface area contributed by atoms with Gasteiger partial charge in [0.2, 0.25) is 0 Å². The van der Waals surface area contributed by atoms with Crippen molar-refractivity contribution in [1.82, 2.24) is 10.3 Å². The van der Waals surface area contributed by atoms with Gasteiger partial charge < -0.3 is 5.32 Å². The number of hydrogen-bond acceptors (Lipinski definition) is 3. The molecule has 1 saturated carbocycles. The standard InChI is InChI=1S/C12H17ClN2S/c1-9(6-14-11-3-4-11)8-16-12-5-2-10(13)7-15-12/h2,5,7,9,11,14H,3-4,6,8H2,1H3. The third-order valence-corrected chi connectivity index (χ3v) is 4.04. The largest absolute Gasteiger partial charge is 0.314 e. The van der Waals surface area contributed by atoms with E-state index in [4.69, 9.17) is 11.6 Å². The van der Waals surface area contributed by atoms with E-state index in [1.54, 1.807) is 18.0 Å². The molecule has 1 heterocycles. The summed E-state index contributed by atoms with van der Waals surface area (Å²) >= 11 is 7.58. The highest BCUT2D eigenvalue weighted by atomic mass is 35.5. The molecular weight excluding hydrogens is 240 g/mol. The molecule has 0 bridgehead atoms. The number of nitrogens with zero attached hydrogens (tertiary/aromatic N) is 1. The van der Waals surface area contributed by atoms with Crippen LogP contribution in [-0.4, -0.2) is 23.3 Å². The topological polar surface area (TPSA) is 24.9 Å². The van der Waals surface area contributed by atoms with Gasteiger partial charge in [0.15, 0.2) is 0 Å². The summed E-state index contributed by atoms with van der Waals surface area (Å²) in [6.07, 6.45) is 4.42.